The number of nitrogens with two attached hydrogens (primary N) is 1. The number of amides is 2. The molecule has 0 unspecified atom stereocenters. The second-order valence-electron chi connectivity index (χ2n) is 10.1. The first-order valence-electron chi connectivity index (χ1n) is 13.8. The number of alkyl carbamates (subject to hydrolysis) is 1. The first-order chi connectivity index (χ1) is 20.3. The summed E-state index contributed by atoms with van der Waals surface area (Å²) in [7, 11) is 0. The van der Waals surface area contributed by atoms with E-state index in [4.69, 9.17) is 15.2 Å². The zero-order chi connectivity index (χ0) is 29.9. The van der Waals surface area contributed by atoms with Crippen LogP contribution in [0.5, 0.6) is 0 Å². The van der Waals surface area contributed by atoms with Gasteiger partial charge >= 0.3 is 6.09 Å². The number of hydrogen-bond donors (Lipinski definition) is 4. The Hall–Kier alpha value is -3.93. The van der Waals surface area contributed by atoms with E-state index < -0.39 is 42.7 Å². The SMILES string of the molecule is N[C@H](C(=O)Nc1cc(F)ccc1CC[C@@H]1CN[C@H](COC(=O)NCC(F)F)CO1)C(c1ccccc1)c1ccccc1. The van der Waals surface area contributed by atoms with E-state index in [0.717, 1.165) is 16.7 Å². The fourth-order valence-corrected chi connectivity index (χ4v) is 4.84. The molecule has 1 fully saturated rings. The van der Waals surface area contributed by atoms with Crippen molar-refractivity contribution < 1.29 is 32.2 Å². The fourth-order valence-electron chi connectivity index (χ4n) is 4.84. The predicted molar refractivity (Wildman–Crippen MR) is 153 cm³/mol. The maximum absolute atomic E-state index is 14.2. The van der Waals surface area contributed by atoms with Crippen molar-refractivity contribution in [2.75, 3.05) is 31.6 Å². The number of ether oxygens (including phenoxy) is 2. The van der Waals surface area contributed by atoms with Gasteiger partial charge in [0.25, 0.3) is 6.43 Å². The van der Waals surface area contributed by atoms with Crippen LogP contribution in [0.15, 0.2) is 78.9 Å². The van der Waals surface area contributed by atoms with Crippen molar-refractivity contribution in [2.24, 2.45) is 5.73 Å². The lowest BCUT2D eigenvalue weighted by atomic mass is 9.85. The summed E-state index contributed by atoms with van der Waals surface area (Å²) in [6, 6.07) is 22.1. The zero-order valence-corrected chi connectivity index (χ0v) is 23.0. The number of morpholine rings is 1. The van der Waals surface area contributed by atoms with Crippen LogP contribution < -0.4 is 21.7 Å². The number of nitrogens with one attached hydrogen (secondary N) is 3. The fraction of sp³-hybridized carbons (Fsp3) is 0.355. The van der Waals surface area contributed by atoms with E-state index in [-0.39, 0.29) is 25.4 Å². The number of halogens is 3. The Kier molecular flexibility index (Phi) is 11.3. The number of rotatable bonds is 12. The number of aryl methyl sites for hydroxylation is 1. The summed E-state index contributed by atoms with van der Waals surface area (Å²) in [6.07, 6.45) is -2.67. The van der Waals surface area contributed by atoms with Gasteiger partial charge in [0, 0.05) is 18.2 Å². The number of benzene rings is 3. The highest BCUT2D eigenvalue weighted by molar-refractivity contribution is 5.96. The molecule has 0 bridgehead atoms. The second-order valence-corrected chi connectivity index (χ2v) is 10.1. The van der Waals surface area contributed by atoms with Gasteiger partial charge < -0.3 is 31.2 Å². The lowest BCUT2D eigenvalue weighted by molar-refractivity contribution is -0.117. The smallest absolute Gasteiger partial charge is 0.407 e. The predicted octanol–water partition coefficient (Wildman–Crippen LogP) is 4.20. The molecule has 5 N–H and O–H groups in total. The first kappa shape index (κ1) is 31.0. The van der Waals surface area contributed by atoms with E-state index >= 15 is 0 Å². The average molecular weight is 585 g/mol. The van der Waals surface area contributed by atoms with Crippen LogP contribution in [-0.4, -0.2) is 62.9 Å². The van der Waals surface area contributed by atoms with Crippen LogP contribution in [0.3, 0.4) is 0 Å². The highest BCUT2D eigenvalue weighted by Crippen LogP contribution is 2.29. The summed E-state index contributed by atoms with van der Waals surface area (Å²) in [5, 5.41) is 8.04. The topological polar surface area (TPSA) is 115 Å². The van der Waals surface area contributed by atoms with Crippen molar-refractivity contribution >= 4 is 17.7 Å². The van der Waals surface area contributed by atoms with Crippen LogP contribution in [-0.2, 0) is 20.7 Å². The third-order valence-electron chi connectivity index (χ3n) is 7.03. The van der Waals surface area contributed by atoms with E-state index in [0.29, 0.717) is 25.1 Å². The molecule has 0 saturated carbocycles. The van der Waals surface area contributed by atoms with Gasteiger partial charge in [0.2, 0.25) is 5.91 Å². The lowest BCUT2D eigenvalue weighted by Crippen LogP contribution is -2.49. The molecule has 224 valence electrons. The summed E-state index contributed by atoms with van der Waals surface area (Å²) in [4.78, 5) is 24.9. The van der Waals surface area contributed by atoms with Crippen LogP contribution in [0.1, 0.15) is 29.0 Å². The first-order valence-corrected chi connectivity index (χ1v) is 13.8. The summed E-state index contributed by atoms with van der Waals surface area (Å²) < 4.78 is 49.4. The molecular formula is C31H35F3N4O4. The molecule has 0 radical (unpaired) electrons. The van der Waals surface area contributed by atoms with Crippen molar-refractivity contribution in [3.8, 4) is 0 Å². The van der Waals surface area contributed by atoms with Gasteiger partial charge in [-0.25, -0.2) is 18.0 Å². The van der Waals surface area contributed by atoms with E-state index in [9.17, 15) is 22.8 Å². The molecule has 42 heavy (non-hydrogen) atoms. The van der Waals surface area contributed by atoms with Gasteiger partial charge in [0.05, 0.1) is 31.3 Å². The molecule has 3 aromatic carbocycles. The highest BCUT2D eigenvalue weighted by Gasteiger charge is 2.28. The number of hydrogen-bond acceptors (Lipinski definition) is 6. The molecule has 3 atom stereocenters. The molecule has 0 aliphatic carbocycles. The lowest BCUT2D eigenvalue weighted by Gasteiger charge is -2.30. The molecule has 0 aromatic heterocycles. The largest absolute Gasteiger partial charge is 0.448 e. The van der Waals surface area contributed by atoms with Gasteiger partial charge in [-0.15, -0.1) is 0 Å². The van der Waals surface area contributed by atoms with Crippen molar-refractivity contribution in [1.29, 1.82) is 0 Å². The third-order valence-corrected chi connectivity index (χ3v) is 7.03. The normalized spacial score (nSPS) is 17.6. The Morgan fingerprint density at radius 2 is 1.69 bits per heavy atom. The van der Waals surface area contributed by atoms with Crippen LogP contribution in [0.2, 0.25) is 0 Å². The molecular weight excluding hydrogens is 549 g/mol. The molecule has 8 nitrogen and oxygen atoms in total. The van der Waals surface area contributed by atoms with Crippen LogP contribution in [0.4, 0.5) is 23.7 Å². The minimum atomic E-state index is -2.65. The van der Waals surface area contributed by atoms with Gasteiger partial charge in [-0.05, 0) is 41.7 Å². The van der Waals surface area contributed by atoms with E-state index in [1.54, 1.807) is 6.07 Å². The Bertz CT molecular complexity index is 1250. The van der Waals surface area contributed by atoms with Crippen LogP contribution in [0, 0.1) is 5.82 Å². The molecule has 1 saturated heterocycles. The quantitative estimate of drug-likeness (QED) is 0.254. The molecule has 11 heteroatoms. The summed E-state index contributed by atoms with van der Waals surface area (Å²) in [5.41, 5.74) is 9.40. The maximum atomic E-state index is 14.2. The molecule has 0 spiro atoms. The second kappa shape index (κ2) is 15.3. The Morgan fingerprint density at radius 3 is 2.29 bits per heavy atom. The maximum Gasteiger partial charge on any atom is 0.407 e. The molecule has 3 aromatic rings. The third kappa shape index (κ3) is 9.04. The summed E-state index contributed by atoms with van der Waals surface area (Å²) in [5.74, 6) is -1.32. The monoisotopic (exact) mass is 584 g/mol. The Balaban J connectivity index is 1.33. The number of carbonyl (C=O) groups excluding carboxylic acids is 2. The summed E-state index contributed by atoms with van der Waals surface area (Å²) >= 11 is 0. The van der Waals surface area contributed by atoms with Gasteiger partial charge in [-0.2, -0.15) is 0 Å². The van der Waals surface area contributed by atoms with Gasteiger partial charge in [0.1, 0.15) is 12.4 Å². The van der Waals surface area contributed by atoms with Gasteiger partial charge in [-0.3, -0.25) is 4.79 Å². The standard InChI is InChI=1S/C31H35F3N4O4/c32-23-13-11-20(12-14-25-16-36-24(18-41-25)19-42-31(40)37-17-27(33)34)26(15-23)38-30(39)29(35)28(21-7-3-1-4-8-21)22-9-5-2-6-10-22/h1-11,13,15,24-25,27-29,36H,12,14,16-19,35H2,(H,37,40)(H,38,39)/t24-,25+,29-/m0/s1. The van der Waals surface area contributed by atoms with Crippen LogP contribution >= 0.6 is 0 Å². The van der Waals surface area contributed by atoms with E-state index in [1.807, 2.05) is 66.0 Å². The highest BCUT2D eigenvalue weighted by atomic mass is 19.3. The molecule has 4 rings (SSSR count). The number of anilines is 1. The zero-order valence-electron chi connectivity index (χ0n) is 23.0. The average Bonchev–Trinajstić information content (AvgIpc) is 3.00. The Labute approximate surface area is 242 Å². The molecule has 1 aliphatic heterocycles. The minimum Gasteiger partial charge on any atom is -0.448 e. The number of alkyl halides is 2. The van der Waals surface area contributed by atoms with Crippen molar-refractivity contribution in [1.82, 2.24) is 10.6 Å². The Morgan fingerprint density at radius 1 is 1.02 bits per heavy atom. The number of carbonyl (C=O) groups is 2. The van der Waals surface area contributed by atoms with E-state index in [2.05, 4.69) is 10.6 Å². The van der Waals surface area contributed by atoms with Gasteiger partial charge in [0.15, 0.2) is 0 Å². The molecule has 1 aliphatic rings. The molecule has 2 amide bonds. The van der Waals surface area contributed by atoms with Gasteiger partial charge in [-0.1, -0.05) is 66.7 Å². The van der Waals surface area contributed by atoms with Crippen molar-refractivity contribution in [3.63, 3.8) is 0 Å². The summed E-state index contributed by atoms with van der Waals surface area (Å²) in [6.45, 7) is -0.0671. The minimum absolute atomic E-state index is 0.0247. The molecule has 1 heterocycles. The van der Waals surface area contributed by atoms with Crippen LogP contribution in [0.25, 0.3) is 0 Å². The van der Waals surface area contributed by atoms with Crippen molar-refractivity contribution in [2.45, 2.75) is 43.4 Å². The van der Waals surface area contributed by atoms with Crippen molar-refractivity contribution in [3.05, 3.63) is 101 Å². The van der Waals surface area contributed by atoms with E-state index in [1.165, 1.54) is 12.1 Å².